The van der Waals surface area contributed by atoms with Gasteiger partial charge in [-0.15, -0.1) is 0 Å². The van der Waals surface area contributed by atoms with Gasteiger partial charge >= 0.3 is 11.5 Å². The minimum absolute atomic E-state index is 0.0427. The lowest BCUT2D eigenvalue weighted by atomic mass is 10.2. The van der Waals surface area contributed by atoms with Gasteiger partial charge in [-0.2, -0.15) is 0 Å². The van der Waals surface area contributed by atoms with Crippen LogP contribution in [0.5, 0.6) is 5.75 Å². The smallest absolute Gasteiger partial charge is 0.360 e. The lowest BCUT2D eigenvalue weighted by Crippen LogP contribution is -2.24. The van der Waals surface area contributed by atoms with Crippen molar-refractivity contribution in [3.05, 3.63) is 68.7 Å². The van der Waals surface area contributed by atoms with Crippen molar-refractivity contribution >= 4 is 43.1 Å². The standard InChI is InChI=1S/C19H18BrN3O6S/c1-28-19(25)15-16(29-10-12-6-4-3-5-7-12)18(24)23-9-13(20)8-14(17(23)22-15)21-11-30(2,26)27/h3-9,21H,10-11H2,1-2H3. The molecule has 0 amide bonds. The zero-order chi connectivity index (χ0) is 21.9. The molecule has 11 heteroatoms. The maximum Gasteiger partial charge on any atom is 0.360 e. The van der Waals surface area contributed by atoms with E-state index >= 15 is 0 Å². The summed E-state index contributed by atoms with van der Waals surface area (Å²) < 4.78 is 35.1. The van der Waals surface area contributed by atoms with E-state index < -0.39 is 21.4 Å². The molecule has 3 rings (SSSR count). The fraction of sp³-hybridized carbons (Fsp3) is 0.211. The Kier molecular flexibility index (Phi) is 6.42. The molecule has 3 aromatic rings. The van der Waals surface area contributed by atoms with Crippen LogP contribution < -0.4 is 15.6 Å². The summed E-state index contributed by atoms with van der Waals surface area (Å²) in [6, 6.07) is 10.7. The van der Waals surface area contributed by atoms with Crippen LogP contribution in [0.3, 0.4) is 0 Å². The van der Waals surface area contributed by atoms with E-state index in [9.17, 15) is 18.0 Å². The van der Waals surface area contributed by atoms with Gasteiger partial charge in [-0.3, -0.25) is 9.20 Å². The third-order valence-corrected chi connectivity index (χ3v) is 5.08. The predicted molar refractivity (Wildman–Crippen MR) is 115 cm³/mol. The van der Waals surface area contributed by atoms with Crippen LogP contribution >= 0.6 is 15.9 Å². The molecule has 0 aliphatic rings. The second-order valence-electron chi connectivity index (χ2n) is 6.37. The zero-order valence-corrected chi connectivity index (χ0v) is 18.5. The van der Waals surface area contributed by atoms with E-state index in [1.807, 2.05) is 30.3 Å². The molecule has 0 saturated carbocycles. The highest BCUT2D eigenvalue weighted by Crippen LogP contribution is 2.24. The Morgan fingerprint density at radius 2 is 1.97 bits per heavy atom. The van der Waals surface area contributed by atoms with Crippen molar-refractivity contribution in [1.29, 1.82) is 0 Å². The Labute approximate surface area is 180 Å². The maximum atomic E-state index is 13.1. The first kappa shape index (κ1) is 21.8. The van der Waals surface area contributed by atoms with Crippen molar-refractivity contribution in [3.8, 4) is 5.75 Å². The van der Waals surface area contributed by atoms with Crippen LogP contribution in [-0.2, 0) is 21.2 Å². The van der Waals surface area contributed by atoms with Gasteiger partial charge in [0.2, 0.25) is 5.75 Å². The highest BCUT2D eigenvalue weighted by Gasteiger charge is 2.23. The average molecular weight is 496 g/mol. The minimum Gasteiger partial charge on any atom is -0.481 e. The maximum absolute atomic E-state index is 13.1. The van der Waals surface area contributed by atoms with Crippen molar-refractivity contribution in [3.63, 3.8) is 0 Å². The van der Waals surface area contributed by atoms with Crippen LogP contribution in [0, 0.1) is 0 Å². The van der Waals surface area contributed by atoms with E-state index in [1.54, 1.807) is 6.07 Å². The van der Waals surface area contributed by atoms with E-state index in [-0.39, 0.29) is 35.3 Å². The molecule has 30 heavy (non-hydrogen) atoms. The molecule has 0 bridgehead atoms. The summed E-state index contributed by atoms with van der Waals surface area (Å²) in [7, 11) is -2.19. The van der Waals surface area contributed by atoms with Crippen LogP contribution in [0.2, 0.25) is 0 Å². The first-order chi connectivity index (χ1) is 14.2. The molecular formula is C19H18BrN3O6S. The normalized spacial score (nSPS) is 11.3. The number of nitrogens with one attached hydrogen (secondary N) is 1. The molecule has 158 valence electrons. The number of methoxy groups -OCH3 is 1. The molecule has 0 aliphatic heterocycles. The molecule has 2 heterocycles. The molecule has 0 atom stereocenters. The number of carbonyl (C=O) groups is 1. The third kappa shape index (κ3) is 4.97. The molecule has 0 unspecified atom stereocenters. The second-order valence-corrected chi connectivity index (χ2v) is 9.43. The average Bonchev–Trinajstić information content (AvgIpc) is 2.71. The Morgan fingerprint density at radius 1 is 1.27 bits per heavy atom. The van der Waals surface area contributed by atoms with Crippen LogP contribution in [0.1, 0.15) is 16.1 Å². The van der Waals surface area contributed by atoms with Crippen molar-refractivity contribution < 1.29 is 22.7 Å². The van der Waals surface area contributed by atoms with Gasteiger partial charge in [0.25, 0.3) is 0 Å². The molecule has 1 N–H and O–H groups in total. The molecule has 0 spiro atoms. The van der Waals surface area contributed by atoms with Crippen molar-refractivity contribution in [1.82, 2.24) is 9.38 Å². The minimum atomic E-state index is -3.35. The van der Waals surface area contributed by atoms with Crippen LogP contribution in [0.15, 0.2) is 51.9 Å². The highest BCUT2D eigenvalue weighted by atomic mass is 79.9. The number of carbonyl (C=O) groups excluding carboxylic acids is 1. The van der Waals surface area contributed by atoms with Gasteiger partial charge in [0.05, 0.1) is 12.8 Å². The van der Waals surface area contributed by atoms with Gasteiger partial charge in [-0.25, -0.2) is 18.2 Å². The van der Waals surface area contributed by atoms with Gasteiger partial charge < -0.3 is 14.8 Å². The molecule has 2 aromatic heterocycles. The molecule has 0 radical (unpaired) electrons. The largest absolute Gasteiger partial charge is 0.481 e. The first-order valence-electron chi connectivity index (χ1n) is 8.62. The predicted octanol–water partition coefficient (Wildman–Crippen LogP) is 2.24. The Hall–Kier alpha value is -2.92. The van der Waals surface area contributed by atoms with Crippen molar-refractivity contribution in [2.45, 2.75) is 6.61 Å². The van der Waals surface area contributed by atoms with Crippen LogP contribution in [0.4, 0.5) is 5.69 Å². The third-order valence-electron chi connectivity index (χ3n) is 3.98. The lowest BCUT2D eigenvalue weighted by Gasteiger charge is -2.14. The molecule has 0 aliphatic carbocycles. The number of hydrogen-bond donors (Lipinski definition) is 1. The fourth-order valence-electron chi connectivity index (χ4n) is 2.62. The summed E-state index contributed by atoms with van der Waals surface area (Å²) in [4.78, 5) is 29.7. The van der Waals surface area contributed by atoms with Gasteiger partial charge in [0.15, 0.2) is 21.2 Å². The summed E-state index contributed by atoms with van der Waals surface area (Å²) in [6.07, 6.45) is 2.52. The number of fused-ring (bicyclic) bond motifs is 1. The molecule has 0 saturated heterocycles. The Morgan fingerprint density at radius 3 is 2.60 bits per heavy atom. The van der Waals surface area contributed by atoms with Gasteiger partial charge in [0, 0.05) is 16.9 Å². The van der Waals surface area contributed by atoms with E-state index in [0.717, 1.165) is 18.9 Å². The van der Waals surface area contributed by atoms with Gasteiger partial charge in [-0.05, 0) is 27.6 Å². The summed E-state index contributed by atoms with van der Waals surface area (Å²) in [5.74, 6) is -1.50. The number of rotatable bonds is 7. The monoisotopic (exact) mass is 495 g/mol. The number of hydrogen-bond acceptors (Lipinski definition) is 8. The second kappa shape index (κ2) is 8.84. The molecule has 9 nitrogen and oxygen atoms in total. The number of aromatic nitrogens is 2. The highest BCUT2D eigenvalue weighted by molar-refractivity contribution is 9.10. The number of anilines is 1. The van der Waals surface area contributed by atoms with E-state index in [0.29, 0.717) is 4.47 Å². The Bertz CT molecular complexity index is 1260. The Balaban J connectivity index is 2.15. The molecule has 1 aromatic carbocycles. The summed E-state index contributed by atoms with van der Waals surface area (Å²) in [5.41, 5.74) is 0.150. The number of esters is 1. The summed E-state index contributed by atoms with van der Waals surface area (Å²) >= 11 is 3.29. The van der Waals surface area contributed by atoms with Gasteiger partial charge in [0.1, 0.15) is 12.5 Å². The zero-order valence-electron chi connectivity index (χ0n) is 16.1. The van der Waals surface area contributed by atoms with Crippen LogP contribution in [-0.4, -0.2) is 43.0 Å². The first-order valence-corrected chi connectivity index (χ1v) is 11.5. The van der Waals surface area contributed by atoms with Crippen molar-refractivity contribution in [2.75, 3.05) is 24.6 Å². The number of halogens is 1. The van der Waals surface area contributed by atoms with E-state index in [4.69, 9.17) is 9.47 Å². The van der Waals surface area contributed by atoms with E-state index in [2.05, 4.69) is 26.2 Å². The SMILES string of the molecule is COC(=O)c1nc2c(NCS(C)(=O)=O)cc(Br)cn2c(=O)c1OCc1ccccc1. The number of sulfone groups is 1. The quantitative estimate of drug-likeness (QED) is 0.496. The summed E-state index contributed by atoms with van der Waals surface area (Å²) in [6.45, 7) is 0.0427. The van der Waals surface area contributed by atoms with E-state index in [1.165, 1.54) is 10.6 Å². The number of ether oxygens (including phenoxy) is 2. The number of benzene rings is 1. The molecular weight excluding hydrogens is 478 g/mol. The van der Waals surface area contributed by atoms with Gasteiger partial charge in [-0.1, -0.05) is 30.3 Å². The number of pyridine rings is 1. The lowest BCUT2D eigenvalue weighted by molar-refractivity contribution is 0.0588. The van der Waals surface area contributed by atoms with Crippen LogP contribution in [0.25, 0.3) is 5.65 Å². The topological polar surface area (TPSA) is 116 Å². The number of nitrogens with zero attached hydrogens (tertiary/aromatic N) is 2. The van der Waals surface area contributed by atoms with Crippen molar-refractivity contribution in [2.24, 2.45) is 0 Å². The summed E-state index contributed by atoms with van der Waals surface area (Å²) in [5, 5.41) is 2.72. The fourth-order valence-corrected chi connectivity index (χ4v) is 3.48. The molecule has 0 fully saturated rings.